The van der Waals surface area contributed by atoms with Gasteiger partial charge in [-0.25, -0.2) is 0 Å². The van der Waals surface area contributed by atoms with E-state index in [9.17, 15) is 13.2 Å². The molecule has 1 fully saturated rings. The number of aromatic nitrogens is 1. The predicted octanol–water partition coefficient (Wildman–Crippen LogP) is 8.56. The number of allylic oxidation sites excluding steroid dienone is 5. The monoisotopic (exact) mass is 619 g/mol. The molecule has 43 heavy (non-hydrogen) atoms. The third-order valence-corrected chi connectivity index (χ3v) is 6.95. The van der Waals surface area contributed by atoms with E-state index in [4.69, 9.17) is 22.2 Å². The summed E-state index contributed by atoms with van der Waals surface area (Å²) in [7, 11) is 0. The Hall–Kier alpha value is -3.19. The highest BCUT2D eigenvalue weighted by Gasteiger charge is 2.41. The van der Waals surface area contributed by atoms with Gasteiger partial charge in [-0.1, -0.05) is 32.4 Å². The Morgan fingerprint density at radius 2 is 1.86 bits per heavy atom. The summed E-state index contributed by atoms with van der Waals surface area (Å²) in [4.78, 5) is 12.4. The van der Waals surface area contributed by atoms with Crippen LogP contribution in [0.3, 0.4) is 0 Å². The standard InChI is InChI=1S/C24H38F3N3OS.C9H10N2/c1-10-12-13-28-17(3)20(19(11-2)24(25,26)27)18(4)30-15-14-29(16-23(30,8)9)21(32)31-22(5,6)7;1-2-3-9-6-8(7-10)4-5-11-9/h11-13H,10,14-16H2,1-9H3;4-6H,2-3H2,1H3/b13-12+,19-11+,20-18-,28-17+;. The molecule has 0 unspecified atom stereocenters. The summed E-state index contributed by atoms with van der Waals surface area (Å²) in [5.41, 5.74) is 1.16. The van der Waals surface area contributed by atoms with Gasteiger partial charge in [-0.05, 0) is 92.6 Å². The number of hydrogen-bond donors (Lipinski definition) is 0. The van der Waals surface area contributed by atoms with Gasteiger partial charge < -0.3 is 14.5 Å². The summed E-state index contributed by atoms with van der Waals surface area (Å²) in [6.45, 7) is 20.3. The Morgan fingerprint density at radius 1 is 1.21 bits per heavy atom. The van der Waals surface area contributed by atoms with E-state index in [1.165, 1.54) is 6.92 Å². The maximum absolute atomic E-state index is 13.9. The van der Waals surface area contributed by atoms with E-state index in [0.717, 1.165) is 31.0 Å². The van der Waals surface area contributed by atoms with Crippen LogP contribution >= 0.6 is 12.2 Å². The van der Waals surface area contributed by atoms with Gasteiger partial charge >= 0.3 is 6.18 Å². The predicted molar refractivity (Wildman–Crippen MR) is 174 cm³/mol. The first-order chi connectivity index (χ1) is 19.9. The fourth-order valence-corrected chi connectivity index (χ4v) is 5.18. The molecule has 0 radical (unpaired) electrons. The van der Waals surface area contributed by atoms with Crippen LogP contribution in [-0.4, -0.2) is 62.6 Å². The van der Waals surface area contributed by atoms with Crippen LogP contribution in [0.4, 0.5) is 13.2 Å². The minimum Gasteiger partial charge on any atom is -0.465 e. The highest BCUT2D eigenvalue weighted by Crippen LogP contribution is 2.37. The summed E-state index contributed by atoms with van der Waals surface area (Å²) < 4.78 is 47.6. The number of aliphatic imine (C=N–C) groups is 1. The van der Waals surface area contributed by atoms with Crippen molar-refractivity contribution in [2.24, 2.45) is 4.99 Å². The van der Waals surface area contributed by atoms with E-state index >= 15 is 0 Å². The van der Waals surface area contributed by atoms with E-state index in [2.05, 4.69) is 23.0 Å². The van der Waals surface area contributed by atoms with Crippen molar-refractivity contribution < 1.29 is 17.9 Å². The van der Waals surface area contributed by atoms with Gasteiger partial charge in [0.15, 0.2) is 0 Å². The molecular formula is C33H48F3N5OS. The number of rotatable bonds is 7. The Labute approximate surface area is 262 Å². The van der Waals surface area contributed by atoms with Crippen molar-refractivity contribution in [1.29, 1.82) is 5.26 Å². The first-order valence-corrected chi connectivity index (χ1v) is 15.1. The number of aryl methyl sites for hydroxylation is 1. The summed E-state index contributed by atoms with van der Waals surface area (Å²) >= 11 is 5.48. The van der Waals surface area contributed by atoms with Crippen molar-refractivity contribution in [3.8, 4) is 6.07 Å². The lowest BCUT2D eigenvalue weighted by Gasteiger charge is -2.50. The lowest BCUT2D eigenvalue weighted by atomic mass is 9.93. The van der Waals surface area contributed by atoms with Crippen LogP contribution < -0.4 is 0 Å². The molecule has 0 aliphatic carbocycles. The molecule has 2 rings (SSSR count). The zero-order chi connectivity index (χ0) is 33.0. The topological polar surface area (TPSA) is 64.8 Å². The third-order valence-electron chi connectivity index (χ3n) is 6.61. The highest BCUT2D eigenvalue weighted by molar-refractivity contribution is 7.80. The molecule has 1 saturated heterocycles. The fourth-order valence-electron chi connectivity index (χ4n) is 4.77. The molecule has 6 nitrogen and oxygen atoms in total. The lowest BCUT2D eigenvalue weighted by molar-refractivity contribution is -0.0892. The first kappa shape index (κ1) is 37.8. The van der Waals surface area contributed by atoms with E-state index in [1.54, 1.807) is 32.3 Å². The maximum Gasteiger partial charge on any atom is 0.416 e. The normalized spacial score (nSPS) is 16.7. The van der Waals surface area contributed by atoms with Gasteiger partial charge in [-0.2, -0.15) is 18.4 Å². The second-order valence-corrected chi connectivity index (χ2v) is 12.3. The minimum atomic E-state index is -4.48. The molecule has 1 aliphatic heterocycles. The molecule has 0 aromatic carbocycles. The number of piperazine rings is 1. The zero-order valence-electron chi connectivity index (χ0n) is 27.4. The van der Waals surface area contributed by atoms with Gasteiger partial charge in [0.05, 0.1) is 22.7 Å². The molecule has 1 aromatic rings. The van der Waals surface area contributed by atoms with Crippen molar-refractivity contribution in [3.05, 3.63) is 64.8 Å². The number of hydrogen-bond acceptors (Lipinski definition) is 6. The first-order valence-electron chi connectivity index (χ1n) is 14.7. The zero-order valence-corrected chi connectivity index (χ0v) is 28.2. The van der Waals surface area contributed by atoms with E-state index in [-0.39, 0.29) is 5.57 Å². The maximum atomic E-state index is 13.9. The number of halogens is 3. The number of pyridine rings is 1. The SMILES string of the molecule is CCCc1cc(C#N)ccn1.C\C=C(C(/C(C)=N/C=C/CC)=C(/C)N1CCN(C(=S)OC(C)(C)C)CC1(C)C)\C(F)(F)F. The Balaban J connectivity index is 0.000000699. The van der Waals surface area contributed by atoms with E-state index in [0.29, 0.717) is 41.8 Å². The summed E-state index contributed by atoms with van der Waals surface area (Å²) in [6, 6.07) is 5.64. The molecule has 0 N–H and O–H groups in total. The minimum absolute atomic E-state index is 0.121. The quantitative estimate of drug-likeness (QED) is 0.173. The lowest BCUT2D eigenvalue weighted by Crippen LogP contribution is -2.60. The van der Waals surface area contributed by atoms with Gasteiger partial charge in [0.1, 0.15) is 5.60 Å². The Bertz CT molecular complexity index is 1250. The molecular weight excluding hydrogens is 571 g/mol. The largest absolute Gasteiger partial charge is 0.465 e. The number of alkyl halides is 3. The summed E-state index contributed by atoms with van der Waals surface area (Å²) in [5, 5.41) is 8.97. The van der Waals surface area contributed by atoms with Gasteiger partial charge in [0.25, 0.3) is 5.17 Å². The molecule has 1 aliphatic rings. The summed E-state index contributed by atoms with van der Waals surface area (Å²) in [5.74, 6) is 0. The molecule has 0 amide bonds. The van der Waals surface area contributed by atoms with Crippen molar-refractivity contribution in [2.45, 2.75) is 106 Å². The highest BCUT2D eigenvalue weighted by atomic mass is 32.1. The molecule has 0 atom stereocenters. The molecule has 238 valence electrons. The molecule has 0 saturated carbocycles. The number of ether oxygens (including phenoxy) is 1. The van der Waals surface area contributed by atoms with Crippen molar-refractivity contribution in [1.82, 2.24) is 14.8 Å². The third kappa shape index (κ3) is 12.1. The molecule has 0 bridgehead atoms. The van der Waals surface area contributed by atoms with Gasteiger partial charge in [0.2, 0.25) is 0 Å². The smallest absolute Gasteiger partial charge is 0.416 e. The van der Waals surface area contributed by atoms with Crippen LogP contribution in [0.25, 0.3) is 0 Å². The molecule has 10 heteroatoms. The molecule has 2 heterocycles. The van der Waals surface area contributed by atoms with E-state index in [1.807, 2.05) is 63.5 Å². The number of nitriles is 1. The second-order valence-electron chi connectivity index (χ2n) is 11.9. The van der Waals surface area contributed by atoms with Crippen LogP contribution in [0.1, 0.15) is 93.3 Å². The van der Waals surface area contributed by atoms with Crippen molar-refractivity contribution in [2.75, 3.05) is 19.6 Å². The van der Waals surface area contributed by atoms with Crippen molar-refractivity contribution in [3.63, 3.8) is 0 Å². The van der Waals surface area contributed by atoms with Crippen LogP contribution in [0.5, 0.6) is 0 Å². The Kier molecular flexibility index (Phi) is 14.6. The van der Waals surface area contributed by atoms with Crippen LogP contribution in [0, 0.1) is 11.3 Å². The number of nitrogens with zero attached hydrogens (tertiary/aromatic N) is 5. The fraction of sp³-hybridized carbons (Fsp3) is 0.576. The number of thiocarbonyl (C=S) groups is 1. The van der Waals surface area contributed by atoms with E-state index < -0.39 is 22.9 Å². The molecule has 1 aromatic heterocycles. The van der Waals surface area contributed by atoms with Gasteiger partial charge in [-0.3, -0.25) is 9.98 Å². The van der Waals surface area contributed by atoms with Crippen LogP contribution in [0.2, 0.25) is 0 Å². The molecule has 0 spiro atoms. The Morgan fingerprint density at radius 3 is 2.35 bits per heavy atom. The average molecular weight is 620 g/mol. The van der Waals surface area contributed by atoms with Crippen LogP contribution in [-0.2, 0) is 11.2 Å². The van der Waals surface area contributed by atoms with Crippen LogP contribution in [0.15, 0.2) is 58.5 Å². The summed E-state index contributed by atoms with van der Waals surface area (Å²) in [6.07, 6.45) is 4.49. The van der Waals surface area contributed by atoms with Gasteiger partial charge in [-0.15, -0.1) is 0 Å². The van der Waals surface area contributed by atoms with Gasteiger partial charge in [0, 0.05) is 54.7 Å². The second kappa shape index (κ2) is 16.6. The average Bonchev–Trinajstić information content (AvgIpc) is 2.89. The van der Waals surface area contributed by atoms with Crippen molar-refractivity contribution >= 4 is 23.1 Å².